The molecule has 0 heterocycles. The summed E-state index contributed by atoms with van der Waals surface area (Å²) >= 11 is 0. The van der Waals surface area contributed by atoms with Crippen LogP contribution in [0.2, 0.25) is 0 Å². The molecule has 0 aromatic heterocycles. The first-order valence-corrected chi connectivity index (χ1v) is 5.36. The Balaban J connectivity index is 2.39. The van der Waals surface area contributed by atoms with Crippen LogP contribution in [-0.4, -0.2) is 12.2 Å². The average Bonchev–Trinajstić information content (AvgIpc) is 2.43. The highest BCUT2D eigenvalue weighted by atomic mass is 16.5. The van der Waals surface area contributed by atoms with Gasteiger partial charge in [0.1, 0.15) is 11.4 Å². The number of nitrogens with zero attached hydrogens (tertiary/aromatic N) is 2. The first kappa shape index (κ1) is 12.5. The number of isocyanates is 2. The minimum absolute atomic E-state index is 0.246. The molecule has 0 saturated heterocycles. The monoisotopic (exact) mass is 252 g/mol. The molecule has 0 aliphatic heterocycles. The Labute approximate surface area is 108 Å². The second-order valence-electron chi connectivity index (χ2n) is 3.47. The zero-order valence-corrected chi connectivity index (χ0v) is 9.74. The van der Waals surface area contributed by atoms with Crippen LogP contribution in [0.5, 0.6) is 11.5 Å². The standard InChI is InChI=1S/C14H8N2O3/c17-9-15-11-6-7-14(13(8-11)16-10-18)19-12-4-2-1-3-5-12/h1-8H. The van der Waals surface area contributed by atoms with Crippen LogP contribution in [-0.2, 0) is 9.59 Å². The van der Waals surface area contributed by atoms with Crippen molar-refractivity contribution in [2.45, 2.75) is 0 Å². The molecule has 0 unspecified atom stereocenters. The van der Waals surface area contributed by atoms with E-state index >= 15 is 0 Å². The van der Waals surface area contributed by atoms with Crippen LogP contribution in [0.4, 0.5) is 11.4 Å². The van der Waals surface area contributed by atoms with Gasteiger partial charge in [-0.15, -0.1) is 0 Å². The molecule has 92 valence electrons. The summed E-state index contributed by atoms with van der Waals surface area (Å²) in [6.07, 6.45) is 2.85. The van der Waals surface area contributed by atoms with Crippen LogP contribution in [0.1, 0.15) is 0 Å². The van der Waals surface area contributed by atoms with Gasteiger partial charge in [0.15, 0.2) is 5.75 Å². The van der Waals surface area contributed by atoms with E-state index in [4.69, 9.17) is 4.74 Å². The van der Waals surface area contributed by atoms with Gasteiger partial charge in [0, 0.05) is 0 Å². The molecule has 19 heavy (non-hydrogen) atoms. The fourth-order valence-electron chi connectivity index (χ4n) is 1.47. The van der Waals surface area contributed by atoms with E-state index in [-0.39, 0.29) is 5.69 Å². The Morgan fingerprint density at radius 2 is 1.63 bits per heavy atom. The number of hydrogen-bond acceptors (Lipinski definition) is 5. The van der Waals surface area contributed by atoms with Gasteiger partial charge < -0.3 is 4.74 Å². The van der Waals surface area contributed by atoms with Gasteiger partial charge >= 0.3 is 0 Å². The molecule has 5 nitrogen and oxygen atoms in total. The van der Waals surface area contributed by atoms with Crippen molar-refractivity contribution < 1.29 is 14.3 Å². The summed E-state index contributed by atoms with van der Waals surface area (Å²) in [5.74, 6) is 0.982. The second-order valence-corrected chi connectivity index (χ2v) is 3.47. The third-order valence-electron chi connectivity index (χ3n) is 2.25. The molecule has 0 spiro atoms. The van der Waals surface area contributed by atoms with Gasteiger partial charge in [0.25, 0.3) is 0 Å². The largest absolute Gasteiger partial charge is 0.455 e. The smallest absolute Gasteiger partial charge is 0.240 e. The Kier molecular flexibility index (Phi) is 3.98. The van der Waals surface area contributed by atoms with Crippen LogP contribution in [0, 0.1) is 0 Å². The number of para-hydroxylation sites is 1. The predicted octanol–water partition coefficient (Wildman–Crippen LogP) is 3.41. The third-order valence-corrected chi connectivity index (χ3v) is 2.25. The molecule has 2 aromatic rings. The minimum Gasteiger partial charge on any atom is -0.455 e. The lowest BCUT2D eigenvalue weighted by atomic mass is 10.2. The first-order valence-electron chi connectivity index (χ1n) is 5.36. The zero-order chi connectivity index (χ0) is 13.5. The summed E-state index contributed by atoms with van der Waals surface area (Å²) in [4.78, 5) is 27.6. The van der Waals surface area contributed by atoms with Crippen LogP contribution in [0.15, 0.2) is 58.5 Å². The molecular formula is C14H8N2O3. The number of hydrogen-bond donors (Lipinski definition) is 0. The molecule has 5 heteroatoms. The summed E-state index contributed by atoms with van der Waals surface area (Å²) in [5.41, 5.74) is 0.583. The normalized spacial score (nSPS) is 9.05. The van der Waals surface area contributed by atoms with Gasteiger partial charge in [0.2, 0.25) is 12.2 Å². The maximum Gasteiger partial charge on any atom is 0.240 e. The molecule has 0 radical (unpaired) electrons. The summed E-state index contributed by atoms with van der Waals surface area (Å²) in [5, 5.41) is 0. The lowest BCUT2D eigenvalue weighted by Crippen LogP contribution is -1.84. The molecule has 0 atom stereocenters. The van der Waals surface area contributed by atoms with Crippen molar-refractivity contribution in [2.75, 3.05) is 0 Å². The number of carbonyl (C=O) groups excluding carboxylic acids is 2. The van der Waals surface area contributed by atoms with Gasteiger partial charge in [-0.2, -0.15) is 9.98 Å². The van der Waals surface area contributed by atoms with E-state index in [0.29, 0.717) is 17.2 Å². The van der Waals surface area contributed by atoms with Gasteiger partial charge in [0.05, 0.1) is 5.69 Å². The molecule has 0 saturated carbocycles. The predicted molar refractivity (Wildman–Crippen MR) is 68.5 cm³/mol. The van der Waals surface area contributed by atoms with E-state index < -0.39 is 0 Å². The number of benzene rings is 2. The Hall–Kier alpha value is -3.00. The summed E-state index contributed by atoms with van der Waals surface area (Å²) in [6.45, 7) is 0. The van der Waals surface area contributed by atoms with Crippen molar-refractivity contribution in [1.29, 1.82) is 0 Å². The highest BCUT2D eigenvalue weighted by molar-refractivity contribution is 5.65. The fraction of sp³-hybridized carbons (Fsp3) is 0. The highest BCUT2D eigenvalue weighted by Crippen LogP contribution is 2.34. The van der Waals surface area contributed by atoms with Crippen molar-refractivity contribution in [3.8, 4) is 11.5 Å². The fourth-order valence-corrected chi connectivity index (χ4v) is 1.47. The lowest BCUT2D eigenvalue weighted by Gasteiger charge is -2.07. The van der Waals surface area contributed by atoms with Crippen molar-refractivity contribution in [3.05, 3.63) is 48.5 Å². The highest BCUT2D eigenvalue weighted by Gasteiger charge is 2.05. The van der Waals surface area contributed by atoms with Crippen LogP contribution < -0.4 is 4.74 Å². The van der Waals surface area contributed by atoms with Crippen LogP contribution in [0.25, 0.3) is 0 Å². The Bertz CT molecular complexity index is 670. The van der Waals surface area contributed by atoms with E-state index in [1.807, 2.05) is 18.2 Å². The van der Waals surface area contributed by atoms with E-state index in [9.17, 15) is 9.59 Å². The van der Waals surface area contributed by atoms with Gasteiger partial charge in [-0.1, -0.05) is 18.2 Å². The van der Waals surface area contributed by atoms with E-state index in [0.717, 1.165) is 0 Å². The molecule has 0 amide bonds. The van der Waals surface area contributed by atoms with Gasteiger partial charge in [-0.25, -0.2) is 9.59 Å². The summed E-state index contributed by atoms with van der Waals surface area (Å²) < 4.78 is 5.58. The van der Waals surface area contributed by atoms with Crippen molar-refractivity contribution in [2.24, 2.45) is 9.98 Å². The minimum atomic E-state index is 0.246. The molecule has 0 aliphatic rings. The van der Waals surface area contributed by atoms with Crippen LogP contribution >= 0.6 is 0 Å². The van der Waals surface area contributed by atoms with Crippen LogP contribution in [0.3, 0.4) is 0 Å². The van der Waals surface area contributed by atoms with Crippen molar-refractivity contribution >= 4 is 23.5 Å². The van der Waals surface area contributed by atoms with Gasteiger partial charge in [-0.05, 0) is 30.3 Å². The summed E-state index contributed by atoms with van der Waals surface area (Å²) in [7, 11) is 0. The Morgan fingerprint density at radius 1 is 0.895 bits per heavy atom. The second kappa shape index (κ2) is 6.07. The first-order chi connectivity index (χ1) is 9.33. The lowest BCUT2D eigenvalue weighted by molar-refractivity contribution is 0.484. The molecule has 2 rings (SSSR count). The van der Waals surface area contributed by atoms with E-state index in [1.165, 1.54) is 18.2 Å². The average molecular weight is 252 g/mol. The number of aliphatic imine (C=N–C) groups is 2. The van der Waals surface area contributed by atoms with E-state index in [2.05, 4.69) is 9.98 Å². The Morgan fingerprint density at radius 3 is 2.32 bits per heavy atom. The van der Waals surface area contributed by atoms with Gasteiger partial charge in [-0.3, -0.25) is 0 Å². The number of ether oxygens (including phenoxy) is 1. The van der Waals surface area contributed by atoms with E-state index in [1.54, 1.807) is 24.3 Å². The van der Waals surface area contributed by atoms with Crippen molar-refractivity contribution in [3.63, 3.8) is 0 Å². The SMILES string of the molecule is O=C=Nc1ccc(Oc2ccccc2)c(N=C=O)c1. The third kappa shape index (κ3) is 3.23. The zero-order valence-electron chi connectivity index (χ0n) is 9.74. The molecule has 0 fully saturated rings. The quantitative estimate of drug-likeness (QED) is 0.618. The molecule has 0 N–H and O–H groups in total. The summed E-state index contributed by atoms with van der Waals surface area (Å²) in [6, 6.07) is 13.6. The molecular weight excluding hydrogens is 244 g/mol. The maximum atomic E-state index is 10.4. The maximum absolute atomic E-state index is 10.4. The molecule has 2 aromatic carbocycles. The topological polar surface area (TPSA) is 68.1 Å². The molecule has 0 bridgehead atoms. The molecule has 0 aliphatic carbocycles. The number of rotatable bonds is 4. The van der Waals surface area contributed by atoms with Crippen molar-refractivity contribution in [1.82, 2.24) is 0 Å².